The van der Waals surface area contributed by atoms with Crippen LogP contribution in [0.2, 0.25) is 0 Å². The maximum atomic E-state index is 12.3. The van der Waals surface area contributed by atoms with Crippen LogP contribution in [-0.2, 0) is 7.05 Å². The molecule has 2 aliphatic rings. The maximum absolute atomic E-state index is 12.3. The number of halogens is 1. The number of guanidine groups is 1. The Morgan fingerprint density at radius 3 is 2.61 bits per heavy atom. The number of aliphatic imine (C=N–C) groups is 1. The molecular formula is C19H34IN7O. The molecule has 0 radical (unpaired) electrons. The number of aromatic nitrogens is 2. The van der Waals surface area contributed by atoms with Gasteiger partial charge in [0.1, 0.15) is 0 Å². The number of hydrogen-bond donors (Lipinski definition) is 1. The number of likely N-dealkylation sites (N-methyl/N-ethyl adjacent to an activating group) is 1. The Balaban J connectivity index is 0.00000280. The summed E-state index contributed by atoms with van der Waals surface area (Å²) in [6.07, 6.45) is 8.78. The van der Waals surface area contributed by atoms with Gasteiger partial charge >= 0.3 is 0 Å². The SMILES string of the molecule is CN=C(NCCN(C)C1CCCC1)N1CCN(c2nccn(C)c2=O)CC1.I. The van der Waals surface area contributed by atoms with Crippen LogP contribution in [0, 0.1) is 0 Å². The first kappa shape index (κ1) is 22.9. The third kappa shape index (κ3) is 5.59. The van der Waals surface area contributed by atoms with Crippen molar-refractivity contribution in [3.63, 3.8) is 0 Å². The quantitative estimate of drug-likeness (QED) is 0.367. The van der Waals surface area contributed by atoms with Gasteiger partial charge in [-0.3, -0.25) is 9.79 Å². The topological polar surface area (TPSA) is 69.0 Å². The van der Waals surface area contributed by atoms with Crippen molar-refractivity contribution < 1.29 is 0 Å². The number of rotatable bonds is 5. The number of aryl methyl sites for hydroxylation is 1. The zero-order chi connectivity index (χ0) is 19.2. The van der Waals surface area contributed by atoms with E-state index in [0.717, 1.165) is 51.3 Å². The maximum Gasteiger partial charge on any atom is 0.293 e. The molecule has 1 aromatic heterocycles. The number of piperazine rings is 1. The van der Waals surface area contributed by atoms with Crippen LogP contribution in [0.25, 0.3) is 0 Å². The lowest BCUT2D eigenvalue weighted by molar-refractivity contribution is 0.248. The Morgan fingerprint density at radius 1 is 1.29 bits per heavy atom. The molecule has 9 heteroatoms. The zero-order valence-electron chi connectivity index (χ0n) is 17.3. The van der Waals surface area contributed by atoms with Gasteiger partial charge in [-0.05, 0) is 19.9 Å². The van der Waals surface area contributed by atoms with E-state index in [1.54, 1.807) is 24.0 Å². The minimum atomic E-state index is -0.0385. The minimum absolute atomic E-state index is 0. The molecule has 1 saturated heterocycles. The number of nitrogens with one attached hydrogen (secondary N) is 1. The predicted molar refractivity (Wildman–Crippen MR) is 125 cm³/mol. The van der Waals surface area contributed by atoms with Crippen LogP contribution in [0.1, 0.15) is 25.7 Å². The molecule has 0 spiro atoms. The van der Waals surface area contributed by atoms with Crippen LogP contribution in [0.5, 0.6) is 0 Å². The summed E-state index contributed by atoms with van der Waals surface area (Å²) in [6.45, 7) is 5.15. The number of anilines is 1. The lowest BCUT2D eigenvalue weighted by atomic mass is 10.2. The number of hydrogen-bond acceptors (Lipinski definition) is 5. The molecule has 0 amide bonds. The molecule has 2 fully saturated rings. The summed E-state index contributed by atoms with van der Waals surface area (Å²) in [6, 6.07) is 0.748. The minimum Gasteiger partial charge on any atom is -0.355 e. The van der Waals surface area contributed by atoms with Gasteiger partial charge in [0.15, 0.2) is 11.8 Å². The van der Waals surface area contributed by atoms with Gasteiger partial charge in [0.2, 0.25) is 0 Å². The summed E-state index contributed by atoms with van der Waals surface area (Å²) in [5.41, 5.74) is -0.0385. The molecule has 1 saturated carbocycles. The van der Waals surface area contributed by atoms with E-state index in [-0.39, 0.29) is 29.5 Å². The second kappa shape index (κ2) is 11.0. The van der Waals surface area contributed by atoms with Gasteiger partial charge in [-0.25, -0.2) is 4.98 Å². The summed E-state index contributed by atoms with van der Waals surface area (Å²) in [5, 5.41) is 3.50. The van der Waals surface area contributed by atoms with Crippen LogP contribution in [0.4, 0.5) is 5.82 Å². The molecule has 28 heavy (non-hydrogen) atoms. The Hall–Kier alpha value is -1.36. The van der Waals surface area contributed by atoms with Gasteiger partial charge < -0.3 is 24.6 Å². The fourth-order valence-corrected chi connectivity index (χ4v) is 4.04. The van der Waals surface area contributed by atoms with E-state index in [1.165, 1.54) is 25.7 Å². The van der Waals surface area contributed by atoms with Crippen molar-refractivity contribution in [3.8, 4) is 0 Å². The first-order valence-electron chi connectivity index (χ1n) is 10.0. The third-order valence-corrected chi connectivity index (χ3v) is 5.78. The van der Waals surface area contributed by atoms with Gasteiger partial charge in [-0.1, -0.05) is 12.8 Å². The molecule has 2 heterocycles. The molecule has 158 valence electrons. The monoisotopic (exact) mass is 503 g/mol. The molecule has 3 rings (SSSR count). The molecule has 1 aromatic rings. The van der Waals surface area contributed by atoms with Crippen molar-refractivity contribution in [1.29, 1.82) is 0 Å². The highest BCUT2D eigenvalue weighted by Gasteiger charge is 2.23. The first-order chi connectivity index (χ1) is 13.1. The van der Waals surface area contributed by atoms with Crippen LogP contribution < -0.4 is 15.8 Å². The van der Waals surface area contributed by atoms with Crippen molar-refractivity contribution in [2.45, 2.75) is 31.7 Å². The van der Waals surface area contributed by atoms with Crippen LogP contribution in [-0.4, -0.2) is 84.7 Å². The summed E-state index contributed by atoms with van der Waals surface area (Å²) in [7, 11) is 5.83. The largest absolute Gasteiger partial charge is 0.355 e. The van der Waals surface area contributed by atoms with E-state index >= 15 is 0 Å². The lowest BCUT2D eigenvalue weighted by Gasteiger charge is -2.37. The Kier molecular flexibility index (Phi) is 9.00. The highest BCUT2D eigenvalue weighted by atomic mass is 127. The van der Waals surface area contributed by atoms with Gasteiger partial charge in [-0.15, -0.1) is 24.0 Å². The lowest BCUT2D eigenvalue weighted by Crippen LogP contribution is -2.54. The molecule has 0 bridgehead atoms. The van der Waals surface area contributed by atoms with Crippen molar-refractivity contribution >= 4 is 35.8 Å². The van der Waals surface area contributed by atoms with Gasteiger partial charge in [0, 0.05) is 71.8 Å². The van der Waals surface area contributed by atoms with E-state index in [4.69, 9.17) is 0 Å². The molecule has 1 aliphatic carbocycles. The molecular weight excluding hydrogens is 469 g/mol. The molecule has 1 aliphatic heterocycles. The molecule has 0 aromatic carbocycles. The van der Waals surface area contributed by atoms with Crippen molar-refractivity contribution in [2.75, 3.05) is 58.3 Å². The molecule has 0 atom stereocenters. The predicted octanol–water partition coefficient (Wildman–Crippen LogP) is 0.970. The molecule has 1 N–H and O–H groups in total. The summed E-state index contributed by atoms with van der Waals surface area (Å²) < 4.78 is 1.58. The fraction of sp³-hybridized carbons (Fsp3) is 0.737. The van der Waals surface area contributed by atoms with Crippen LogP contribution in [0.15, 0.2) is 22.2 Å². The third-order valence-electron chi connectivity index (χ3n) is 5.78. The smallest absolute Gasteiger partial charge is 0.293 e. The zero-order valence-corrected chi connectivity index (χ0v) is 19.6. The average molecular weight is 503 g/mol. The van der Waals surface area contributed by atoms with Gasteiger partial charge in [0.05, 0.1) is 0 Å². The van der Waals surface area contributed by atoms with Crippen LogP contribution in [0.3, 0.4) is 0 Å². The van der Waals surface area contributed by atoms with Crippen molar-refractivity contribution in [1.82, 2.24) is 24.7 Å². The Morgan fingerprint density at radius 2 is 1.96 bits per heavy atom. The first-order valence-corrected chi connectivity index (χ1v) is 10.0. The van der Waals surface area contributed by atoms with E-state index in [1.807, 2.05) is 7.05 Å². The van der Waals surface area contributed by atoms with Crippen molar-refractivity contribution in [3.05, 3.63) is 22.7 Å². The van der Waals surface area contributed by atoms with Gasteiger partial charge in [-0.2, -0.15) is 0 Å². The van der Waals surface area contributed by atoms with Crippen LogP contribution >= 0.6 is 24.0 Å². The van der Waals surface area contributed by atoms with Gasteiger partial charge in [0.25, 0.3) is 5.56 Å². The van der Waals surface area contributed by atoms with Crippen molar-refractivity contribution in [2.24, 2.45) is 12.0 Å². The fourth-order valence-electron chi connectivity index (χ4n) is 4.04. The summed E-state index contributed by atoms with van der Waals surface area (Å²) in [4.78, 5) is 27.8. The summed E-state index contributed by atoms with van der Waals surface area (Å²) in [5.74, 6) is 1.49. The standard InChI is InChI=1S/C19H33N7O.HI/c1-20-19(22-9-10-23(2)16-6-4-5-7-16)26-14-12-25(13-15-26)17-18(27)24(3)11-8-21-17;/h8,11,16H,4-7,9-10,12-15H2,1-3H3,(H,20,22);1H. The highest BCUT2D eigenvalue weighted by molar-refractivity contribution is 14.0. The average Bonchev–Trinajstić information content (AvgIpc) is 3.23. The van der Waals surface area contributed by atoms with E-state index in [9.17, 15) is 4.79 Å². The van der Waals surface area contributed by atoms with E-state index < -0.39 is 0 Å². The molecule has 0 unspecified atom stereocenters. The normalized spacial score (nSPS) is 18.5. The molecule has 8 nitrogen and oxygen atoms in total. The highest BCUT2D eigenvalue weighted by Crippen LogP contribution is 2.21. The van der Waals surface area contributed by atoms with E-state index in [2.05, 4.69) is 37.0 Å². The number of nitrogens with zero attached hydrogens (tertiary/aromatic N) is 6. The Labute approximate surface area is 185 Å². The Bertz CT molecular complexity index is 694. The summed E-state index contributed by atoms with van der Waals surface area (Å²) >= 11 is 0. The van der Waals surface area contributed by atoms with E-state index in [0.29, 0.717) is 5.82 Å². The second-order valence-electron chi connectivity index (χ2n) is 7.53. The second-order valence-corrected chi connectivity index (χ2v) is 7.53.